The number of nitrogens with zero attached hydrogens (tertiary/aromatic N) is 1. The zero-order valence-corrected chi connectivity index (χ0v) is 13.6. The number of para-hydroxylation sites is 1. The van der Waals surface area contributed by atoms with Crippen LogP contribution in [0.3, 0.4) is 0 Å². The molecule has 0 aliphatic carbocycles. The Labute approximate surface area is 144 Å². The summed E-state index contributed by atoms with van der Waals surface area (Å²) in [6.07, 6.45) is 0. The molecular weight excluding hydrogens is 320 g/mol. The van der Waals surface area contributed by atoms with E-state index in [1.165, 1.54) is 0 Å². The topological polar surface area (TPSA) is 48.0 Å². The highest BCUT2D eigenvalue weighted by Crippen LogP contribution is 2.32. The first-order valence-electron chi connectivity index (χ1n) is 7.69. The van der Waals surface area contributed by atoms with Crippen molar-refractivity contribution < 1.29 is 4.79 Å². The molecule has 4 heteroatoms. The third-order valence-electron chi connectivity index (χ3n) is 4.32. The number of amides is 1. The summed E-state index contributed by atoms with van der Waals surface area (Å²) in [6.45, 7) is 0.698. The highest BCUT2D eigenvalue weighted by atomic mass is 35.5. The van der Waals surface area contributed by atoms with Gasteiger partial charge in [-0.25, -0.2) is 0 Å². The molecule has 3 nitrogen and oxygen atoms in total. The quantitative estimate of drug-likeness (QED) is 0.585. The molecule has 2 N–H and O–H groups in total. The number of fused-ring (bicyclic) bond motifs is 3. The molecule has 0 saturated heterocycles. The lowest BCUT2D eigenvalue weighted by Crippen LogP contribution is -2.11. The fraction of sp³-hybridized carbons (Fsp3) is 0.0500. The fourth-order valence-electron chi connectivity index (χ4n) is 3.25. The van der Waals surface area contributed by atoms with Gasteiger partial charge in [0.15, 0.2) is 0 Å². The molecule has 24 heavy (non-hydrogen) atoms. The molecule has 3 aromatic carbocycles. The number of carbonyl (C=O) groups is 1. The van der Waals surface area contributed by atoms with Crippen molar-refractivity contribution in [3.8, 4) is 0 Å². The number of hydrogen-bond acceptors (Lipinski definition) is 1. The smallest absolute Gasteiger partial charge is 0.249 e. The molecule has 0 aliphatic heterocycles. The molecular formula is C20H15ClN2O. The second kappa shape index (κ2) is 5.69. The lowest BCUT2D eigenvalue weighted by molar-refractivity contribution is 0.100. The zero-order chi connectivity index (χ0) is 16.7. The van der Waals surface area contributed by atoms with E-state index in [2.05, 4.69) is 10.6 Å². The normalized spacial score (nSPS) is 11.2. The van der Waals surface area contributed by atoms with Crippen molar-refractivity contribution in [1.29, 1.82) is 0 Å². The molecule has 0 fully saturated rings. The minimum atomic E-state index is -0.407. The number of carbonyl (C=O) groups excluding carboxylic acids is 1. The fourth-order valence-corrected chi connectivity index (χ4v) is 3.37. The Morgan fingerprint density at radius 1 is 0.917 bits per heavy atom. The van der Waals surface area contributed by atoms with Gasteiger partial charge in [0.1, 0.15) is 0 Å². The lowest BCUT2D eigenvalue weighted by atomic mass is 10.1. The van der Waals surface area contributed by atoms with Crippen molar-refractivity contribution in [3.63, 3.8) is 0 Å². The van der Waals surface area contributed by atoms with Gasteiger partial charge in [-0.05, 0) is 35.9 Å². The molecule has 1 aromatic heterocycles. The first kappa shape index (κ1) is 14.8. The van der Waals surface area contributed by atoms with Crippen LogP contribution >= 0.6 is 11.6 Å². The van der Waals surface area contributed by atoms with E-state index < -0.39 is 5.91 Å². The third-order valence-corrected chi connectivity index (χ3v) is 4.57. The van der Waals surface area contributed by atoms with Crippen molar-refractivity contribution in [1.82, 2.24) is 4.57 Å². The molecule has 0 radical (unpaired) electrons. The number of benzene rings is 3. The van der Waals surface area contributed by atoms with Gasteiger partial charge in [0.05, 0.1) is 5.52 Å². The van der Waals surface area contributed by atoms with Gasteiger partial charge >= 0.3 is 0 Å². The monoisotopic (exact) mass is 334 g/mol. The maximum atomic E-state index is 11.9. The maximum Gasteiger partial charge on any atom is 0.249 e. The van der Waals surface area contributed by atoms with Gasteiger partial charge in [0.2, 0.25) is 5.91 Å². The van der Waals surface area contributed by atoms with Crippen molar-refractivity contribution in [3.05, 3.63) is 82.9 Å². The second-order valence-electron chi connectivity index (χ2n) is 5.79. The minimum absolute atomic E-state index is 0.407. The van der Waals surface area contributed by atoms with Crippen LogP contribution in [0.4, 0.5) is 0 Å². The Morgan fingerprint density at radius 3 is 2.38 bits per heavy atom. The van der Waals surface area contributed by atoms with E-state index in [0.717, 1.165) is 32.4 Å². The van der Waals surface area contributed by atoms with E-state index in [4.69, 9.17) is 17.3 Å². The molecule has 4 rings (SSSR count). The van der Waals surface area contributed by atoms with E-state index in [0.29, 0.717) is 12.1 Å². The van der Waals surface area contributed by atoms with Crippen LogP contribution in [0, 0.1) is 0 Å². The largest absolute Gasteiger partial charge is 0.366 e. The van der Waals surface area contributed by atoms with Crippen molar-refractivity contribution in [2.45, 2.75) is 6.54 Å². The Bertz CT molecular complexity index is 1060. The molecule has 0 aliphatic rings. The summed E-state index contributed by atoms with van der Waals surface area (Å²) >= 11 is 5.98. The lowest BCUT2D eigenvalue weighted by Gasteiger charge is -2.08. The van der Waals surface area contributed by atoms with Gasteiger partial charge in [-0.1, -0.05) is 48.0 Å². The molecule has 118 valence electrons. The summed E-state index contributed by atoms with van der Waals surface area (Å²) in [7, 11) is 0. The SMILES string of the molecule is NC(=O)c1cccc2c1c1ccccc1n2Cc1ccc(Cl)cc1. The Hall–Kier alpha value is -2.78. The van der Waals surface area contributed by atoms with Crippen LogP contribution in [0.2, 0.25) is 5.02 Å². The number of rotatable bonds is 3. The van der Waals surface area contributed by atoms with Gasteiger partial charge in [-0.15, -0.1) is 0 Å². The van der Waals surface area contributed by atoms with Gasteiger partial charge in [0, 0.05) is 33.4 Å². The van der Waals surface area contributed by atoms with E-state index in [1.807, 2.05) is 54.6 Å². The van der Waals surface area contributed by atoms with Crippen LogP contribution in [0.25, 0.3) is 21.8 Å². The Balaban J connectivity index is 2.01. The van der Waals surface area contributed by atoms with Crippen molar-refractivity contribution >= 4 is 39.3 Å². The first-order chi connectivity index (χ1) is 11.6. The number of aromatic nitrogens is 1. The molecule has 0 bridgehead atoms. The number of halogens is 1. The van der Waals surface area contributed by atoms with E-state index in [1.54, 1.807) is 6.07 Å². The highest BCUT2D eigenvalue weighted by molar-refractivity contribution is 6.30. The van der Waals surface area contributed by atoms with Gasteiger partial charge in [-0.2, -0.15) is 0 Å². The molecule has 4 aromatic rings. The van der Waals surface area contributed by atoms with Gasteiger partial charge in [0.25, 0.3) is 0 Å². The van der Waals surface area contributed by atoms with E-state index in [9.17, 15) is 4.79 Å². The minimum Gasteiger partial charge on any atom is -0.366 e. The first-order valence-corrected chi connectivity index (χ1v) is 8.07. The molecule has 1 heterocycles. The summed E-state index contributed by atoms with van der Waals surface area (Å²) in [5.41, 5.74) is 9.37. The summed E-state index contributed by atoms with van der Waals surface area (Å²) in [4.78, 5) is 11.9. The summed E-state index contributed by atoms with van der Waals surface area (Å²) in [6, 6.07) is 21.6. The van der Waals surface area contributed by atoms with Crippen LogP contribution in [0.1, 0.15) is 15.9 Å². The molecule has 0 unspecified atom stereocenters. The molecule has 1 amide bonds. The van der Waals surface area contributed by atoms with E-state index >= 15 is 0 Å². The van der Waals surface area contributed by atoms with Crippen molar-refractivity contribution in [2.24, 2.45) is 5.73 Å². The highest BCUT2D eigenvalue weighted by Gasteiger charge is 2.15. The van der Waals surface area contributed by atoms with Crippen LogP contribution in [0.5, 0.6) is 0 Å². The number of primary amides is 1. The predicted octanol–water partition coefficient (Wildman–Crippen LogP) is 4.60. The van der Waals surface area contributed by atoms with Crippen LogP contribution in [0.15, 0.2) is 66.7 Å². The van der Waals surface area contributed by atoms with Crippen LogP contribution < -0.4 is 5.73 Å². The zero-order valence-electron chi connectivity index (χ0n) is 12.9. The van der Waals surface area contributed by atoms with Crippen molar-refractivity contribution in [2.75, 3.05) is 0 Å². The Morgan fingerprint density at radius 2 is 1.62 bits per heavy atom. The third kappa shape index (κ3) is 2.34. The Kier molecular flexibility index (Phi) is 3.51. The summed E-state index contributed by atoms with van der Waals surface area (Å²) < 4.78 is 2.21. The average Bonchev–Trinajstić information content (AvgIpc) is 2.91. The molecule has 0 spiro atoms. The average molecular weight is 335 g/mol. The molecule has 0 saturated carbocycles. The second-order valence-corrected chi connectivity index (χ2v) is 6.23. The standard InChI is InChI=1S/C20H15ClN2O/c21-14-10-8-13(9-11-14)12-23-17-6-2-1-4-15(17)19-16(20(22)24)5-3-7-18(19)23/h1-11H,12H2,(H2,22,24). The molecule has 0 atom stereocenters. The van der Waals surface area contributed by atoms with Gasteiger partial charge < -0.3 is 10.3 Å². The van der Waals surface area contributed by atoms with Gasteiger partial charge in [-0.3, -0.25) is 4.79 Å². The van der Waals surface area contributed by atoms with Crippen LogP contribution in [-0.2, 0) is 6.54 Å². The predicted molar refractivity (Wildman–Crippen MR) is 98.5 cm³/mol. The number of hydrogen-bond donors (Lipinski definition) is 1. The maximum absolute atomic E-state index is 11.9. The summed E-state index contributed by atoms with van der Waals surface area (Å²) in [5.74, 6) is -0.407. The van der Waals surface area contributed by atoms with Crippen LogP contribution in [-0.4, -0.2) is 10.5 Å². The van der Waals surface area contributed by atoms with E-state index in [-0.39, 0.29) is 0 Å². The number of nitrogens with two attached hydrogens (primary N) is 1. The summed E-state index contributed by atoms with van der Waals surface area (Å²) in [5, 5.41) is 2.67.